The maximum absolute atomic E-state index is 14.4. The molecule has 1 saturated heterocycles. The lowest BCUT2D eigenvalue weighted by Gasteiger charge is -2.13. The van der Waals surface area contributed by atoms with E-state index in [-0.39, 0.29) is 11.5 Å². The third-order valence-electron chi connectivity index (χ3n) is 6.50. The van der Waals surface area contributed by atoms with E-state index in [4.69, 9.17) is 4.74 Å². The molecule has 0 bridgehead atoms. The first kappa shape index (κ1) is 24.8. The summed E-state index contributed by atoms with van der Waals surface area (Å²) in [6.07, 6.45) is 1.61. The first-order chi connectivity index (χ1) is 18.4. The fraction of sp³-hybridized carbons (Fsp3) is 0.138. The molecule has 4 aromatic rings. The molecule has 0 spiro atoms. The fourth-order valence-electron chi connectivity index (χ4n) is 4.58. The number of anilines is 1. The molecule has 5 rings (SSSR count). The average Bonchev–Trinajstić information content (AvgIpc) is 3.33. The maximum atomic E-state index is 14.4. The molecule has 9 heteroatoms. The van der Waals surface area contributed by atoms with Gasteiger partial charge in [0.15, 0.2) is 0 Å². The number of rotatable bonds is 7. The number of halogens is 1. The Morgan fingerprint density at radius 3 is 2.53 bits per heavy atom. The third-order valence-corrected chi connectivity index (χ3v) is 6.50. The second-order valence-corrected chi connectivity index (χ2v) is 8.82. The SMILES string of the molecule is COc1ccccc1NC(=O)CN1C(=O)N/C(=C/c2c(C)n(Cc3ccccc3F)c3ccccc23)C1=O. The molecule has 2 heterocycles. The molecule has 0 unspecified atom stereocenters. The van der Waals surface area contributed by atoms with E-state index < -0.39 is 24.4 Å². The summed E-state index contributed by atoms with van der Waals surface area (Å²) in [6, 6.07) is 20.3. The number of para-hydroxylation sites is 3. The molecule has 8 nitrogen and oxygen atoms in total. The van der Waals surface area contributed by atoms with Gasteiger partial charge in [0.1, 0.15) is 23.8 Å². The van der Waals surface area contributed by atoms with Crippen LogP contribution in [0, 0.1) is 12.7 Å². The van der Waals surface area contributed by atoms with Crippen LogP contribution in [-0.4, -0.2) is 41.0 Å². The molecule has 1 aliphatic heterocycles. The predicted molar refractivity (Wildman–Crippen MR) is 142 cm³/mol. The summed E-state index contributed by atoms with van der Waals surface area (Å²) >= 11 is 0. The van der Waals surface area contributed by atoms with Gasteiger partial charge in [0.2, 0.25) is 5.91 Å². The molecule has 3 aromatic carbocycles. The number of urea groups is 1. The number of amides is 4. The van der Waals surface area contributed by atoms with Crippen LogP contribution in [0.5, 0.6) is 5.75 Å². The highest BCUT2D eigenvalue weighted by atomic mass is 19.1. The molecule has 1 aromatic heterocycles. The van der Waals surface area contributed by atoms with Gasteiger partial charge in [0, 0.05) is 27.7 Å². The monoisotopic (exact) mass is 512 g/mol. The van der Waals surface area contributed by atoms with Crippen LogP contribution in [-0.2, 0) is 16.1 Å². The van der Waals surface area contributed by atoms with E-state index in [9.17, 15) is 18.8 Å². The highest BCUT2D eigenvalue weighted by Crippen LogP contribution is 2.30. The Labute approximate surface area is 218 Å². The zero-order valence-corrected chi connectivity index (χ0v) is 20.8. The van der Waals surface area contributed by atoms with E-state index >= 15 is 0 Å². The van der Waals surface area contributed by atoms with Gasteiger partial charge >= 0.3 is 6.03 Å². The number of carbonyl (C=O) groups is 3. The zero-order valence-electron chi connectivity index (χ0n) is 20.8. The number of aromatic nitrogens is 1. The number of benzene rings is 3. The lowest BCUT2D eigenvalue weighted by Crippen LogP contribution is -2.38. The summed E-state index contributed by atoms with van der Waals surface area (Å²) in [6.45, 7) is 1.72. The van der Waals surface area contributed by atoms with Crippen molar-refractivity contribution in [2.75, 3.05) is 19.0 Å². The van der Waals surface area contributed by atoms with Crippen LogP contribution < -0.4 is 15.4 Å². The standard InChI is InChI=1S/C29H25FN4O4/c1-18-21(20-10-4-7-13-25(20)33(18)16-19-9-3-5-11-22(19)30)15-24-28(36)34(29(37)32-24)17-27(35)31-23-12-6-8-14-26(23)38-2/h3-15H,16-17H2,1-2H3,(H,31,35)(H,32,37)/b24-15+. The summed E-state index contributed by atoms with van der Waals surface area (Å²) < 4.78 is 21.6. The van der Waals surface area contributed by atoms with Crippen LogP contribution in [0.2, 0.25) is 0 Å². The number of nitrogens with zero attached hydrogens (tertiary/aromatic N) is 2. The lowest BCUT2D eigenvalue weighted by molar-refractivity contribution is -0.127. The average molecular weight is 513 g/mol. The van der Waals surface area contributed by atoms with Gasteiger partial charge < -0.3 is 19.9 Å². The van der Waals surface area contributed by atoms with Crippen molar-refractivity contribution in [1.82, 2.24) is 14.8 Å². The number of imide groups is 1. The van der Waals surface area contributed by atoms with Crippen molar-refractivity contribution in [1.29, 1.82) is 0 Å². The van der Waals surface area contributed by atoms with Gasteiger partial charge in [-0.3, -0.25) is 9.59 Å². The highest BCUT2D eigenvalue weighted by molar-refractivity contribution is 6.16. The molecular formula is C29H25FN4O4. The molecule has 192 valence electrons. The molecule has 1 aliphatic rings. The quantitative estimate of drug-likeness (QED) is 0.278. The normalized spacial score (nSPS) is 14.3. The summed E-state index contributed by atoms with van der Waals surface area (Å²) in [5.41, 5.74) is 3.41. The van der Waals surface area contributed by atoms with Crippen molar-refractivity contribution in [3.63, 3.8) is 0 Å². The van der Waals surface area contributed by atoms with Crippen LogP contribution in [0.4, 0.5) is 14.9 Å². The first-order valence-electron chi connectivity index (χ1n) is 12.0. The number of nitrogens with one attached hydrogen (secondary N) is 2. The minimum atomic E-state index is -0.691. The molecule has 4 amide bonds. The molecule has 1 fully saturated rings. The molecule has 0 saturated carbocycles. The Hall–Kier alpha value is -4.92. The smallest absolute Gasteiger partial charge is 0.329 e. The minimum Gasteiger partial charge on any atom is -0.495 e. The molecule has 0 radical (unpaired) electrons. The lowest BCUT2D eigenvalue weighted by atomic mass is 10.1. The van der Waals surface area contributed by atoms with E-state index in [1.807, 2.05) is 35.8 Å². The molecule has 38 heavy (non-hydrogen) atoms. The highest BCUT2D eigenvalue weighted by Gasteiger charge is 2.35. The topological polar surface area (TPSA) is 92.7 Å². The number of hydrogen-bond donors (Lipinski definition) is 2. The van der Waals surface area contributed by atoms with E-state index in [1.165, 1.54) is 13.2 Å². The molecule has 0 aliphatic carbocycles. The van der Waals surface area contributed by atoms with Gasteiger partial charge in [-0.25, -0.2) is 14.1 Å². The van der Waals surface area contributed by atoms with Gasteiger partial charge in [-0.05, 0) is 37.3 Å². The van der Waals surface area contributed by atoms with Crippen molar-refractivity contribution in [2.24, 2.45) is 0 Å². The Morgan fingerprint density at radius 2 is 1.74 bits per heavy atom. The van der Waals surface area contributed by atoms with Gasteiger partial charge in [0.05, 0.1) is 19.3 Å². The van der Waals surface area contributed by atoms with E-state index in [0.29, 0.717) is 23.5 Å². The van der Waals surface area contributed by atoms with Gasteiger partial charge in [-0.1, -0.05) is 48.5 Å². The minimum absolute atomic E-state index is 0.0528. The number of ether oxygens (including phenoxy) is 1. The van der Waals surface area contributed by atoms with Gasteiger partial charge in [-0.15, -0.1) is 0 Å². The number of carbonyl (C=O) groups excluding carboxylic acids is 3. The predicted octanol–water partition coefficient (Wildman–Crippen LogP) is 4.68. The summed E-state index contributed by atoms with van der Waals surface area (Å²) in [7, 11) is 1.48. The third kappa shape index (κ3) is 4.61. The number of methoxy groups -OCH3 is 1. The van der Waals surface area contributed by atoms with Crippen LogP contribution in [0.1, 0.15) is 16.8 Å². The second kappa shape index (κ2) is 10.2. The molecule has 2 N–H and O–H groups in total. The van der Waals surface area contributed by atoms with Gasteiger partial charge in [-0.2, -0.15) is 0 Å². The van der Waals surface area contributed by atoms with Crippen LogP contribution in [0.15, 0.2) is 78.5 Å². The van der Waals surface area contributed by atoms with E-state index in [2.05, 4.69) is 10.6 Å². The molecular weight excluding hydrogens is 487 g/mol. The maximum Gasteiger partial charge on any atom is 0.329 e. The van der Waals surface area contributed by atoms with Crippen molar-refractivity contribution < 1.29 is 23.5 Å². The number of fused-ring (bicyclic) bond motifs is 1. The van der Waals surface area contributed by atoms with Crippen LogP contribution >= 0.6 is 0 Å². The Morgan fingerprint density at radius 1 is 1.03 bits per heavy atom. The zero-order chi connectivity index (χ0) is 26.8. The van der Waals surface area contributed by atoms with Crippen LogP contribution in [0.25, 0.3) is 17.0 Å². The second-order valence-electron chi connectivity index (χ2n) is 8.82. The Kier molecular flexibility index (Phi) is 6.66. The van der Waals surface area contributed by atoms with Crippen molar-refractivity contribution in [3.8, 4) is 5.75 Å². The van der Waals surface area contributed by atoms with Gasteiger partial charge in [0.25, 0.3) is 5.91 Å². The first-order valence-corrected chi connectivity index (χ1v) is 12.0. The largest absolute Gasteiger partial charge is 0.495 e. The Bertz CT molecular complexity index is 1610. The van der Waals surface area contributed by atoms with Crippen molar-refractivity contribution in [2.45, 2.75) is 13.5 Å². The fourth-order valence-corrected chi connectivity index (χ4v) is 4.58. The van der Waals surface area contributed by atoms with Crippen molar-refractivity contribution >= 4 is 40.5 Å². The van der Waals surface area contributed by atoms with E-state index in [0.717, 1.165) is 27.1 Å². The van der Waals surface area contributed by atoms with Crippen LogP contribution in [0.3, 0.4) is 0 Å². The Balaban J connectivity index is 1.42. The summed E-state index contributed by atoms with van der Waals surface area (Å²) in [5.74, 6) is -1.00. The van der Waals surface area contributed by atoms with Crippen molar-refractivity contribution in [3.05, 3.63) is 101 Å². The van der Waals surface area contributed by atoms with E-state index in [1.54, 1.807) is 48.5 Å². The molecule has 0 atom stereocenters. The summed E-state index contributed by atoms with van der Waals surface area (Å²) in [5, 5.41) is 6.10. The summed E-state index contributed by atoms with van der Waals surface area (Å²) in [4.78, 5) is 39.2. The number of hydrogen-bond acceptors (Lipinski definition) is 4.